The molecule has 0 saturated heterocycles. The molecule has 0 atom stereocenters. The second-order valence-corrected chi connectivity index (χ2v) is 2.99. The molecular weight excluding hydrogens is 142 g/mol. The number of nitrogens with one attached hydrogen (secondary N) is 1. The van der Waals surface area contributed by atoms with E-state index in [-0.39, 0.29) is 18.6 Å². The monoisotopic (exact) mass is 161 g/mol. The molecule has 0 aromatic heterocycles. The molecule has 0 aromatic carbocycles. The van der Waals surface area contributed by atoms with E-state index in [1.807, 2.05) is 34.7 Å². The van der Waals surface area contributed by atoms with E-state index in [2.05, 4.69) is 5.32 Å². The van der Waals surface area contributed by atoms with Gasteiger partial charge in [0.15, 0.2) is 0 Å². The standard InChI is InChI=1S/C8H19NO2/c1-6(2)10-8(9-5)11-7(3)4/h6-9H,1-5H3. The van der Waals surface area contributed by atoms with Crippen LogP contribution in [-0.2, 0) is 9.47 Å². The predicted octanol–water partition coefficient (Wildman–Crippen LogP) is 1.34. The van der Waals surface area contributed by atoms with Gasteiger partial charge in [-0.25, -0.2) is 0 Å². The van der Waals surface area contributed by atoms with Crippen molar-refractivity contribution in [2.45, 2.75) is 46.3 Å². The topological polar surface area (TPSA) is 30.5 Å². The van der Waals surface area contributed by atoms with Crippen molar-refractivity contribution < 1.29 is 9.47 Å². The lowest BCUT2D eigenvalue weighted by Gasteiger charge is -2.21. The van der Waals surface area contributed by atoms with E-state index in [0.717, 1.165) is 0 Å². The minimum atomic E-state index is -0.282. The van der Waals surface area contributed by atoms with Crippen molar-refractivity contribution in [3.8, 4) is 0 Å². The highest BCUT2D eigenvalue weighted by molar-refractivity contribution is 4.44. The Morgan fingerprint density at radius 2 is 1.27 bits per heavy atom. The molecule has 3 heteroatoms. The quantitative estimate of drug-likeness (QED) is 0.617. The normalized spacial score (nSPS) is 12.0. The molecule has 68 valence electrons. The van der Waals surface area contributed by atoms with Crippen LogP contribution in [0.4, 0.5) is 0 Å². The Bertz CT molecular complexity index is 84.1. The lowest BCUT2D eigenvalue weighted by molar-refractivity contribution is -0.193. The van der Waals surface area contributed by atoms with Crippen LogP contribution in [0.1, 0.15) is 27.7 Å². The zero-order valence-corrected chi connectivity index (χ0v) is 8.05. The van der Waals surface area contributed by atoms with E-state index < -0.39 is 0 Å². The van der Waals surface area contributed by atoms with E-state index in [4.69, 9.17) is 9.47 Å². The Hall–Kier alpha value is -0.120. The highest BCUT2D eigenvalue weighted by Gasteiger charge is 2.09. The highest BCUT2D eigenvalue weighted by atomic mass is 16.7. The molecule has 0 radical (unpaired) electrons. The molecule has 0 bridgehead atoms. The molecule has 1 N–H and O–H groups in total. The summed E-state index contributed by atoms with van der Waals surface area (Å²) in [6, 6.07) is 0. The van der Waals surface area contributed by atoms with Gasteiger partial charge in [0.25, 0.3) is 0 Å². The van der Waals surface area contributed by atoms with Crippen LogP contribution in [0.3, 0.4) is 0 Å². The van der Waals surface area contributed by atoms with Crippen molar-refractivity contribution in [2.75, 3.05) is 7.05 Å². The maximum Gasteiger partial charge on any atom is 0.216 e. The van der Waals surface area contributed by atoms with Crippen LogP contribution in [0.2, 0.25) is 0 Å². The van der Waals surface area contributed by atoms with Crippen LogP contribution in [-0.4, -0.2) is 25.7 Å². The SMILES string of the molecule is CNC(OC(C)C)OC(C)C. The van der Waals surface area contributed by atoms with Crippen molar-refractivity contribution in [3.63, 3.8) is 0 Å². The van der Waals surface area contributed by atoms with Gasteiger partial charge in [-0.1, -0.05) is 0 Å². The molecule has 0 fully saturated rings. The van der Waals surface area contributed by atoms with Gasteiger partial charge in [0.05, 0.1) is 12.2 Å². The molecule has 0 aromatic rings. The van der Waals surface area contributed by atoms with Gasteiger partial charge in [0.1, 0.15) is 0 Å². The summed E-state index contributed by atoms with van der Waals surface area (Å²) in [6.07, 6.45) is 0.0902. The van der Waals surface area contributed by atoms with Gasteiger partial charge in [-0.2, -0.15) is 0 Å². The molecular formula is C8H19NO2. The van der Waals surface area contributed by atoms with E-state index in [1.54, 1.807) is 0 Å². The zero-order valence-electron chi connectivity index (χ0n) is 8.05. The van der Waals surface area contributed by atoms with E-state index >= 15 is 0 Å². The molecule has 0 rings (SSSR count). The average Bonchev–Trinajstić information content (AvgIpc) is 1.84. The van der Waals surface area contributed by atoms with Crippen LogP contribution >= 0.6 is 0 Å². The number of ether oxygens (including phenoxy) is 2. The summed E-state index contributed by atoms with van der Waals surface area (Å²) in [4.78, 5) is 0. The summed E-state index contributed by atoms with van der Waals surface area (Å²) in [7, 11) is 1.81. The van der Waals surface area contributed by atoms with Crippen LogP contribution in [0.25, 0.3) is 0 Å². The van der Waals surface area contributed by atoms with Crippen molar-refractivity contribution in [2.24, 2.45) is 0 Å². The average molecular weight is 161 g/mol. The Morgan fingerprint density at radius 3 is 1.45 bits per heavy atom. The fourth-order valence-corrected chi connectivity index (χ4v) is 0.663. The second kappa shape index (κ2) is 5.52. The van der Waals surface area contributed by atoms with Crippen molar-refractivity contribution >= 4 is 0 Å². The third kappa shape index (κ3) is 6.28. The fraction of sp³-hybridized carbons (Fsp3) is 1.00. The lowest BCUT2D eigenvalue weighted by Crippen LogP contribution is -2.35. The first-order valence-electron chi connectivity index (χ1n) is 4.04. The van der Waals surface area contributed by atoms with Gasteiger partial charge in [0, 0.05) is 0 Å². The third-order valence-corrected chi connectivity index (χ3v) is 1.03. The first-order valence-corrected chi connectivity index (χ1v) is 4.04. The summed E-state index contributed by atoms with van der Waals surface area (Å²) in [6.45, 7) is 7.92. The minimum Gasteiger partial charge on any atom is -0.337 e. The summed E-state index contributed by atoms with van der Waals surface area (Å²) >= 11 is 0. The molecule has 0 aliphatic carbocycles. The van der Waals surface area contributed by atoms with Gasteiger partial charge in [-0.05, 0) is 34.7 Å². The van der Waals surface area contributed by atoms with E-state index in [9.17, 15) is 0 Å². The van der Waals surface area contributed by atoms with Gasteiger partial charge >= 0.3 is 0 Å². The van der Waals surface area contributed by atoms with Crippen LogP contribution < -0.4 is 5.32 Å². The minimum absolute atomic E-state index is 0.186. The summed E-state index contributed by atoms with van der Waals surface area (Å²) in [5.74, 6) is 0. The third-order valence-electron chi connectivity index (χ3n) is 1.03. The van der Waals surface area contributed by atoms with E-state index in [0.29, 0.717) is 0 Å². The van der Waals surface area contributed by atoms with Gasteiger partial charge in [-0.15, -0.1) is 0 Å². The van der Waals surface area contributed by atoms with Crippen LogP contribution in [0, 0.1) is 0 Å². The van der Waals surface area contributed by atoms with Crippen molar-refractivity contribution in [1.29, 1.82) is 0 Å². The lowest BCUT2D eigenvalue weighted by atomic mass is 10.5. The first kappa shape index (κ1) is 10.9. The molecule has 3 nitrogen and oxygen atoms in total. The number of rotatable bonds is 5. The molecule has 11 heavy (non-hydrogen) atoms. The Morgan fingerprint density at radius 1 is 0.909 bits per heavy atom. The Balaban J connectivity index is 3.58. The highest BCUT2D eigenvalue weighted by Crippen LogP contribution is 1.99. The largest absolute Gasteiger partial charge is 0.337 e. The first-order chi connectivity index (χ1) is 5.06. The molecule has 0 heterocycles. The predicted molar refractivity (Wildman–Crippen MR) is 45.3 cm³/mol. The summed E-state index contributed by atoms with van der Waals surface area (Å²) in [5, 5.41) is 2.92. The maximum absolute atomic E-state index is 5.38. The fourth-order valence-electron chi connectivity index (χ4n) is 0.663. The Kier molecular flexibility index (Phi) is 5.46. The van der Waals surface area contributed by atoms with Crippen molar-refractivity contribution in [3.05, 3.63) is 0 Å². The second-order valence-electron chi connectivity index (χ2n) is 2.99. The summed E-state index contributed by atoms with van der Waals surface area (Å²) < 4.78 is 10.8. The van der Waals surface area contributed by atoms with Gasteiger partial charge in [-0.3, -0.25) is 5.32 Å². The van der Waals surface area contributed by atoms with Gasteiger partial charge < -0.3 is 9.47 Å². The molecule has 0 aliphatic rings. The molecule has 0 unspecified atom stereocenters. The Labute approximate surface area is 69.1 Å². The molecule has 0 aliphatic heterocycles. The maximum atomic E-state index is 5.38. The van der Waals surface area contributed by atoms with Crippen LogP contribution in [0.5, 0.6) is 0 Å². The van der Waals surface area contributed by atoms with Crippen LogP contribution in [0.15, 0.2) is 0 Å². The van der Waals surface area contributed by atoms with Crippen molar-refractivity contribution in [1.82, 2.24) is 5.32 Å². The van der Waals surface area contributed by atoms with E-state index in [1.165, 1.54) is 0 Å². The smallest absolute Gasteiger partial charge is 0.216 e. The number of hydrogen-bond donors (Lipinski definition) is 1. The molecule has 0 amide bonds. The molecule has 0 spiro atoms. The van der Waals surface area contributed by atoms with Gasteiger partial charge in [0.2, 0.25) is 6.41 Å². The molecule has 0 saturated carbocycles. The number of hydrogen-bond acceptors (Lipinski definition) is 3. The summed E-state index contributed by atoms with van der Waals surface area (Å²) in [5.41, 5.74) is 0. The zero-order chi connectivity index (χ0) is 8.85.